The van der Waals surface area contributed by atoms with Crippen molar-refractivity contribution in [2.24, 2.45) is 7.05 Å². The Hall–Kier alpha value is -2.60. The molecule has 8 nitrogen and oxygen atoms in total. The highest BCUT2D eigenvalue weighted by Gasteiger charge is 2.20. The van der Waals surface area contributed by atoms with Gasteiger partial charge in [0.1, 0.15) is 10.8 Å². The van der Waals surface area contributed by atoms with E-state index in [2.05, 4.69) is 30.4 Å². The summed E-state index contributed by atoms with van der Waals surface area (Å²) in [6, 6.07) is 6.14. The molecule has 170 valence electrons. The van der Waals surface area contributed by atoms with Crippen LogP contribution in [0.3, 0.4) is 0 Å². The number of nitrogens with zero attached hydrogens (tertiary/aromatic N) is 5. The fourth-order valence-corrected chi connectivity index (χ4v) is 5.20. The second-order valence-electron chi connectivity index (χ2n) is 7.39. The maximum absolute atomic E-state index is 12.4. The average molecular weight is 481 g/mol. The van der Waals surface area contributed by atoms with E-state index in [9.17, 15) is 13.6 Å². The maximum Gasteiger partial charge on any atom is 0.387 e. The summed E-state index contributed by atoms with van der Waals surface area (Å²) in [6.45, 7) is -2.87. The lowest BCUT2D eigenvalue weighted by Crippen LogP contribution is -2.14. The molecule has 1 amide bonds. The topological polar surface area (TPSA) is 94.8 Å². The lowest BCUT2D eigenvalue weighted by atomic mass is 9.90. The molecular formula is C20H22F2N6O2S2. The van der Waals surface area contributed by atoms with Gasteiger partial charge in [-0.2, -0.15) is 8.78 Å². The summed E-state index contributed by atoms with van der Waals surface area (Å²) in [5.41, 5.74) is 0.696. The van der Waals surface area contributed by atoms with Crippen LogP contribution in [0.2, 0.25) is 0 Å². The molecule has 1 N–H and O–H groups in total. The first kappa shape index (κ1) is 22.6. The van der Waals surface area contributed by atoms with Gasteiger partial charge >= 0.3 is 6.61 Å². The molecule has 0 unspecified atom stereocenters. The number of carbonyl (C=O) groups excluding carboxylic acids is 1. The number of nitrogens with one attached hydrogen (secondary N) is 1. The van der Waals surface area contributed by atoms with E-state index in [0.717, 1.165) is 17.8 Å². The number of thioether (sulfide) groups is 1. The van der Waals surface area contributed by atoms with Crippen molar-refractivity contribution in [2.75, 3.05) is 11.1 Å². The highest BCUT2D eigenvalue weighted by Crippen LogP contribution is 2.35. The van der Waals surface area contributed by atoms with Crippen LogP contribution in [0.5, 0.6) is 5.75 Å². The van der Waals surface area contributed by atoms with Crippen LogP contribution in [0.15, 0.2) is 29.4 Å². The minimum Gasteiger partial charge on any atom is -0.435 e. The SMILES string of the molecule is Cn1c(SCC(=O)Nc2nnc(C3CCCCC3)s2)nnc1-c1ccc(OC(F)F)cc1. The van der Waals surface area contributed by atoms with Crippen molar-refractivity contribution in [2.45, 2.75) is 49.8 Å². The molecule has 0 spiro atoms. The number of anilines is 1. The van der Waals surface area contributed by atoms with Crippen molar-refractivity contribution in [3.8, 4) is 17.1 Å². The summed E-state index contributed by atoms with van der Waals surface area (Å²) in [7, 11) is 1.78. The predicted octanol–water partition coefficient (Wildman–Crippen LogP) is 4.71. The second kappa shape index (κ2) is 10.3. The van der Waals surface area contributed by atoms with Crippen molar-refractivity contribution < 1.29 is 18.3 Å². The van der Waals surface area contributed by atoms with Gasteiger partial charge in [0.15, 0.2) is 11.0 Å². The van der Waals surface area contributed by atoms with Crippen LogP contribution >= 0.6 is 23.1 Å². The van der Waals surface area contributed by atoms with Gasteiger partial charge in [0.2, 0.25) is 11.0 Å². The van der Waals surface area contributed by atoms with Gasteiger partial charge in [0, 0.05) is 18.5 Å². The third kappa shape index (κ3) is 5.60. The molecule has 2 aromatic heterocycles. The fourth-order valence-electron chi connectivity index (χ4n) is 3.56. The van der Waals surface area contributed by atoms with Crippen molar-refractivity contribution in [3.63, 3.8) is 0 Å². The minimum absolute atomic E-state index is 0.0699. The van der Waals surface area contributed by atoms with Crippen LogP contribution in [-0.4, -0.2) is 43.2 Å². The zero-order valence-electron chi connectivity index (χ0n) is 17.3. The Kier molecular flexibility index (Phi) is 7.30. The first-order valence-corrected chi connectivity index (χ1v) is 12.0. The Morgan fingerprint density at radius 1 is 1.19 bits per heavy atom. The normalized spacial score (nSPS) is 14.6. The minimum atomic E-state index is -2.87. The van der Waals surface area contributed by atoms with E-state index < -0.39 is 6.61 Å². The number of alkyl halides is 2. The molecule has 3 aromatic rings. The summed E-state index contributed by atoms with van der Waals surface area (Å²) >= 11 is 2.69. The summed E-state index contributed by atoms with van der Waals surface area (Å²) in [6.07, 6.45) is 5.98. The Balaban J connectivity index is 1.32. The van der Waals surface area contributed by atoms with Crippen LogP contribution in [0, 0.1) is 0 Å². The molecule has 0 atom stereocenters. The largest absolute Gasteiger partial charge is 0.435 e. The molecular weight excluding hydrogens is 458 g/mol. The summed E-state index contributed by atoms with van der Waals surface area (Å²) in [5, 5.41) is 21.5. The molecule has 1 aliphatic carbocycles. The number of ether oxygens (including phenoxy) is 1. The molecule has 1 aromatic carbocycles. The van der Waals surface area contributed by atoms with E-state index in [1.54, 1.807) is 23.7 Å². The molecule has 12 heteroatoms. The third-order valence-electron chi connectivity index (χ3n) is 5.15. The monoisotopic (exact) mass is 480 g/mol. The Bertz CT molecular complexity index is 1050. The smallest absolute Gasteiger partial charge is 0.387 e. The zero-order valence-corrected chi connectivity index (χ0v) is 19.0. The number of hydrogen-bond donors (Lipinski definition) is 1. The molecule has 0 bridgehead atoms. The molecule has 1 saturated carbocycles. The summed E-state index contributed by atoms with van der Waals surface area (Å²) < 4.78 is 30.7. The molecule has 1 fully saturated rings. The second-order valence-corrected chi connectivity index (χ2v) is 9.34. The van der Waals surface area contributed by atoms with Crippen molar-refractivity contribution in [1.82, 2.24) is 25.0 Å². The fraction of sp³-hybridized carbons (Fsp3) is 0.450. The number of hydrogen-bond acceptors (Lipinski definition) is 8. The predicted molar refractivity (Wildman–Crippen MR) is 118 cm³/mol. The van der Waals surface area contributed by atoms with Gasteiger partial charge in [-0.1, -0.05) is 42.4 Å². The van der Waals surface area contributed by atoms with Crippen LogP contribution in [-0.2, 0) is 11.8 Å². The van der Waals surface area contributed by atoms with Crippen LogP contribution in [0.25, 0.3) is 11.4 Å². The maximum atomic E-state index is 12.4. The average Bonchev–Trinajstić information content (AvgIpc) is 3.40. The van der Waals surface area contributed by atoms with E-state index >= 15 is 0 Å². The first-order valence-electron chi connectivity index (χ1n) is 10.2. The van der Waals surface area contributed by atoms with Crippen LogP contribution < -0.4 is 10.1 Å². The quantitative estimate of drug-likeness (QED) is 0.467. The number of benzene rings is 1. The summed E-state index contributed by atoms with van der Waals surface area (Å²) in [5.74, 6) is 1.03. The number of amides is 1. The van der Waals surface area contributed by atoms with E-state index in [-0.39, 0.29) is 17.4 Å². The van der Waals surface area contributed by atoms with Crippen molar-refractivity contribution in [1.29, 1.82) is 0 Å². The van der Waals surface area contributed by atoms with Gasteiger partial charge in [0.05, 0.1) is 5.75 Å². The van der Waals surface area contributed by atoms with Gasteiger partial charge in [-0.05, 0) is 37.1 Å². The molecule has 1 aliphatic rings. The number of aromatic nitrogens is 5. The lowest BCUT2D eigenvalue weighted by molar-refractivity contribution is -0.113. The molecule has 4 rings (SSSR count). The lowest BCUT2D eigenvalue weighted by Gasteiger charge is -2.18. The Labute approximate surface area is 191 Å². The van der Waals surface area contributed by atoms with E-state index in [4.69, 9.17) is 0 Å². The highest BCUT2D eigenvalue weighted by molar-refractivity contribution is 7.99. The van der Waals surface area contributed by atoms with Gasteiger partial charge in [0.25, 0.3) is 0 Å². The molecule has 0 radical (unpaired) electrons. The van der Waals surface area contributed by atoms with Gasteiger partial charge in [-0.15, -0.1) is 20.4 Å². The standard InChI is InChI=1S/C20H22F2N6O2S2/c1-28-16(12-7-9-14(10-8-12)30-18(21)22)24-27-20(28)31-11-15(29)23-19-26-25-17(32-19)13-5-3-2-4-6-13/h7-10,13,18H,2-6,11H2,1H3,(H,23,26,29). The van der Waals surface area contributed by atoms with Gasteiger partial charge in [-0.25, -0.2) is 0 Å². The highest BCUT2D eigenvalue weighted by atomic mass is 32.2. The molecule has 32 heavy (non-hydrogen) atoms. The van der Waals surface area contributed by atoms with E-state index in [1.807, 2.05) is 0 Å². The summed E-state index contributed by atoms with van der Waals surface area (Å²) in [4.78, 5) is 12.4. The number of halogens is 2. The molecule has 0 aliphatic heterocycles. The third-order valence-corrected chi connectivity index (χ3v) is 7.17. The van der Waals surface area contributed by atoms with Crippen molar-refractivity contribution >= 4 is 34.1 Å². The molecule has 2 heterocycles. The van der Waals surface area contributed by atoms with Crippen molar-refractivity contribution in [3.05, 3.63) is 29.3 Å². The van der Waals surface area contributed by atoms with E-state index in [1.165, 1.54) is 54.5 Å². The van der Waals surface area contributed by atoms with Gasteiger partial charge in [-0.3, -0.25) is 10.1 Å². The van der Waals surface area contributed by atoms with Crippen LogP contribution in [0.4, 0.5) is 13.9 Å². The Morgan fingerprint density at radius 3 is 2.66 bits per heavy atom. The van der Waals surface area contributed by atoms with Gasteiger partial charge < -0.3 is 9.30 Å². The Morgan fingerprint density at radius 2 is 1.94 bits per heavy atom. The van der Waals surface area contributed by atoms with E-state index in [0.29, 0.717) is 27.6 Å². The molecule has 0 saturated heterocycles. The first-order chi connectivity index (χ1) is 15.5. The zero-order chi connectivity index (χ0) is 22.5. The number of carbonyl (C=O) groups is 1. The van der Waals surface area contributed by atoms with Crippen LogP contribution in [0.1, 0.15) is 43.0 Å². The number of rotatable bonds is 8.